The molecule has 5 heteroatoms. The number of aromatic nitrogens is 1. The molecule has 1 aromatic heterocycles. The van der Waals surface area contributed by atoms with E-state index in [1.165, 1.54) is 5.56 Å². The first kappa shape index (κ1) is 16.6. The number of hydrogen-bond acceptors (Lipinski definition) is 4. The summed E-state index contributed by atoms with van der Waals surface area (Å²) in [6.45, 7) is 4.57. The average Bonchev–Trinajstić information content (AvgIpc) is 2.95. The first-order valence-electron chi connectivity index (χ1n) is 7.44. The SMILES string of the molecule is CCc1ccc(-c2nc(CC(=O)NC(C)COC)cs2)cc1. The van der Waals surface area contributed by atoms with Gasteiger partial charge in [0, 0.05) is 24.1 Å². The van der Waals surface area contributed by atoms with E-state index >= 15 is 0 Å². The predicted octanol–water partition coefficient (Wildman–Crippen LogP) is 3.07. The van der Waals surface area contributed by atoms with Gasteiger partial charge in [-0.15, -0.1) is 11.3 Å². The largest absolute Gasteiger partial charge is 0.383 e. The van der Waals surface area contributed by atoms with Crippen LogP contribution in [0.5, 0.6) is 0 Å². The van der Waals surface area contributed by atoms with Crippen molar-refractivity contribution in [3.8, 4) is 10.6 Å². The van der Waals surface area contributed by atoms with Gasteiger partial charge in [0.25, 0.3) is 0 Å². The maximum Gasteiger partial charge on any atom is 0.226 e. The highest BCUT2D eigenvalue weighted by Gasteiger charge is 2.11. The molecule has 0 spiro atoms. The number of thiazole rings is 1. The summed E-state index contributed by atoms with van der Waals surface area (Å²) in [7, 11) is 1.62. The van der Waals surface area contributed by atoms with Gasteiger partial charge in [0.2, 0.25) is 5.91 Å². The van der Waals surface area contributed by atoms with E-state index in [0.29, 0.717) is 13.0 Å². The Hall–Kier alpha value is -1.72. The highest BCUT2D eigenvalue weighted by molar-refractivity contribution is 7.13. The zero-order valence-electron chi connectivity index (χ0n) is 13.3. The normalized spacial score (nSPS) is 12.1. The molecule has 4 nitrogen and oxygen atoms in total. The minimum absolute atomic E-state index is 0.0113. The summed E-state index contributed by atoms with van der Waals surface area (Å²) in [6.07, 6.45) is 1.33. The van der Waals surface area contributed by atoms with E-state index in [1.54, 1.807) is 18.4 Å². The second-order valence-electron chi connectivity index (χ2n) is 5.30. The first-order valence-corrected chi connectivity index (χ1v) is 8.32. The Kier molecular flexibility index (Phi) is 6.10. The Morgan fingerprint density at radius 3 is 2.73 bits per heavy atom. The average molecular weight is 318 g/mol. The van der Waals surface area contributed by atoms with Crippen molar-refractivity contribution in [2.75, 3.05) is 13.7 Å². The second-order valence-corrected chi connectivity index (χ2v) is 6.15. The van der Waals surface area contributed by atoms with Gasteiger partial charge in [-0.05, 0) is 18.9 Å². The fourth-order valence-corrected chi connectivity index (χ4v) is 3.01. The Morgan fingerprint density at radius 1 is 1.36 bits per heavy atom. The first-order chi connectivity index (χ1) is 10.6. The fraction of sp³-hybridized carbons (Fsp3) is 0.412. The maximum atomic E-state index is 11.9. The lowest BCUT2D eigenvalue weighted by molar-refractivity contribution is -0.121. The van der Waals surface area contributed by atoms with Crippen LogP contribution in [0.15, 0.2) is 29.6 Å². The third kappa shape index (κ3) is 4.64. The molecule has 0 aliphatic rings. The Balaban J connectivity index is 1.97. The number of nitrogens with one attached hydrogen (secondary N) is 1. The minimum atomic E-state index is -0.0252. The molecule has 0 aliphatic heterocycles. The van der Waals surface area contributed by atoms with Crippen molar-refractivity contribution < 1.29 is 9.53 Å². The van der Waals surface area contributed by atoms with Crippen molar-refractivity contribution >= 4 is 17.2 Å². The van der Waals surface area contributed by atoms with Crippen LogP contribution in [0.25, 0.3) is 10.6 Å². The summed E-state index contributed by atoms with van der Waals surface area (Å²) in [5.74, 6) is -0.0252. The zero-order valence-corrected chi connectivity index (χ0v) is 14.1. The van der Waals surface area contributed by atoms with Crippen LogP contribution in [0.4, 0.5) is 0 Å². The standard InChI is InChI=1S/C17H22N2O2S/c1-4-13-5-7-14(8-6-13)17-19-15(11-22-17)9-16(20)18-12(2)10-21-3/h5-8,11-12H,4,9-10H2,1-3H3,(H,18,20). The molecule has 1 aromatic carbocycles. The number of carbonyl (C=O) groups is 1. The zero-order chi connectivity index (χ0) is 15.9. The van der Waals surface area contributed by atoms with Crippen molar-refractivity contribution in [2.45, 2.75) is 32.7 Å². The molecule has 2 rings (SSSR count). The molecule has 0 fully saturated rings. The number of benzene rings is 1. The van der Waals surface area contributed by atoms with Crippen LogP contribution < -0.4 is 5.32 Å². The second kappa shape index (κ2) is 8.06. The van der Waals surface area contributed by atoms with Gasteiger partial charge >= 0.3 is 0 Å². The summed E-state index contributed by atoms with van der Waals surface area (Å²) in [5, 5.41) is 5.80. The highest BCUT2D eigenvalue weighted by atomic mass is 32.1. The molecule has 1 heterocycles. The molecule has 0 bridgehead atoms. The van der Waals surface area contributed by atoms with Gasteiger partial charge in [0.1, 0.15) is 5.01 Å². The van der Waals surface area contributed by atoms with Gasteiger partial charge in [-0.25, -0.2) is 4.98 Å². The van der Waals surface area contributed by atoms with Crippen LogP contribution >= 0.6 is 11.3 Å². The van der Waals surface area contributed by atoms with E-state index in [2.05, 4.69) is 41.5 Å². The third-order valence-corrected chi connectivity index (χ3v) is 4.27. The summed E-state index contributed by atoms with van der Waals surface area (Å²) in [6, 6.07) is 8.42. The van der Waals surface area contributed by atoms with Crippen LogP contribution in [0, 0.1) is 0 Å². The number of amides is 1. The molecule has 0 radical (unpaired) electrons. The predicted molar refractivity (Wildman–Crippen MR) is 90.1 cm³/mol. The van der Waals surface area contributed by atoms with Crippen LogP contribution in [-0.4, -0.2) is 30.6 Å². The van der Waals surface area contributed by atoms with Gasteiger partial charge in [0.15, 0.2) is 0 Å². The van der Waals surface area contributed by atoms with Crippen LogP contribution in [0.1, 0.15) is 25.1 Å². The number of aryl methyl sites for hydroxylation is 1. The molecular weight excluding hydrogens is 296 g/mol. The molecular formula is C17H22N2O2S. The minimum Gasteiger partial charge on any atom is -0.383 e. The summed E-state index contributed by atoms with van der Waals surface area (Å²) < 4.78 is 5.01. The van der Waals surface area contributed by atoms with Crippen LogP contribution in [-0.2, 0) is 22.4 Å². The van der Waals surface area contributed by atoms with E-state index in [4.69, 9.17) is 4.74 Å². The van der Waals surface area contributed by atoms with Gasteiger partial charge in [0.05, 0.1) is 18.7 Å². The van der Waals surface area contributed by atoms with Crippen molar-refractivity contribution in [3.05, 3.63) is 40.9 Å². The van der Waals surface area contributed by atoms with Crippen molar-refractivity contribution in [2.24, 2.45) is 0 Å². The van der Waals surface area contributed by atoms with E-state index in [-0.39, 0.29) is 11.9 Å². The van der Waals surface area contributed by atoms with E-state index in [9.17, 15) is 4.79 Å². The monoisotopic (exact) mass is 318 g/mol. The molecule has 0 saturated heterocycles. The molecule has 2 aromatic rings. The lowest BCUT2D eigenvalue weighted by Gasteiger charge is -2.11. The molecule has 0 aliphatic carbocycles. The molecule has 0 saturated carbocycles. The van der Waals surface area contributed by atoms with Crippen molar-refractivity contribution in [1.29, 1.82) is 0 Å². The van der Waals surface area contributed by atoms with Gasteiger partial charge in [-0.1, -0.05) is 31.2 Å². The summed E-state index contributed by atoms with van der Waals surface area (Å²) in [4.78, 5) is 16.5. The molecule has 1 N–H and O–H groups in total. The van der Waals surface area contributed by atoms with E-state index in [1.807, 2.05) is 12.3 Å². The van der Waals surface area contributed by atoms with Crippen LogP contribution in [0.2, 0.25) is 0 Å². The van der Waals surface area contributed by atoms with Gasteiger partial charge in [-0.2, -0.15) is 0 Å². The quantitative estimate of drug-likeness (QED) is 0.853. The van der Waals surface area contributed by atoms with Gasteiger partial charge < -0.3 is 10.1 Å². The molecule has 1 atom stereocenters. The van der Waals surface area contributed by atoms with E-state index < -0.39 is 0 Å². The highest BCUT2D eigenvalue weighted by Crippen LogP contribution is 2.24. The van der Waals surface area contributed by atoms with Crippen LogP contribution in [0.3, 0.4) is 0 Å². The smallest absolute Gasteiger partial charge is 0.226 e. The van der Waals surface area contributed by atoms with Crippen molar-refractivity contribution in [3.63, 3.8) is 0 Å². The lowest BCUT2D eigenvalue weighted by atomic mass is 10.1. The maximum absolute atomic E-state index is 11.9. The number of methoxy groups -OCH3 is 1. The third-order valence-electron chi connectivity index (χ3n) is 3.33. The number of nitrogens with zero attached hydrogens (tertiary/aromatic N) is 1. The van der Waals surface area contributed by atoms with Gasteiger partial charge in [-0.3, -0.25) is 4.79 Å². The number of hydrogen-bond donors (Lipinski definition) is 1. The molecule has 1 amide bonds. The molecule has 22 heavy (non-hydrogen) atoms. The summed E-state index contributed by atoms with van der Waals surface area (Å²) in [5.41, 5.74) is 3.22. The Labute approximate surface area is 135 Å². The Bertz CT molecular complexity index is 607. The number of carbonyl (C=O) groups excluding carboxylic acids is 1. The lowest BCUT2D eigenvalue weighted by Crippen LogP contribution is -2.36. The number of rotatable bonds is 7. The fourth-order valence-electron chi connectivity index (χ4n) is 2.19. The summed E-state index contributed by atoms with van der Waals surface area (Å²) >= 11 is 1.57. The topological polar surface area (TPSA) is 51.2 Å². The van der Waals surface area contributed by atoms with Crippen molar-refractivity contribution in [1.82, 2.24) is 10.3 Å². The number of ether oxygens (including phenoxy) is 1. The Morgan fingerprint density at radius 2 is 2.09 bits per heavy atom. The molecule has 1 unspecified atom stereocenters. The van der Waals surface area contributed by atoms with E-state index in [0.717, 1.165) is 22.7 Å². The molecule has 118 valence electrons.